The van der Waals surface area contributed by atoms with Gasteiger partial charge in [-0.2, -0.15) is 5.26 Å². The monoisotopic (exact) mass is 272 g/mol. The first-order valence-electron chi connectivity index (χ1n) is 7.19. The van der Waals surface area contributed by atoms with Gasteiger partial charge in [-0.25, -0.2) is 0 Å². The van der Waals surface area contributed by atoms with Gasteiger partial charge in [-0.3, -0.25) is 4.79 Å². The van der Waals surface area contributed by atoms with Crippen LogP contribution in [0.25, 0.3) is 0 Å². The van der Waals surface area contributed by atoms with Crippen molar-refractivity contribution in [3.63, 3.8) is 0 Å². The van der Waals surface area contributed by atoms with Crippen LogP contribution < -0.4 is 0 Å². The zero-order valence-corrected chi connectivity index (χ0v) is 12.7. The number of carbonyl (C=O) groups excluding carboxylic acids is 1. The van der Waals surface area contributed by atoms with E-state index >= 15 is 0 Å². The summed E-state index contributed by atoms with van der Waals surface area (Å²) in [6.45, 7) is 11.4. The van der Waals surface area contributed by atoms with Crippen molar-refractivity contribution in [1.29, 1.82) is 5.26 Å². The van der Waals surface area contributed by atoms with E-state index in [1.165, 1.54) is 5.57 Å². The normalized spacial score (nSPS) is 18.1. The molecule has 1 saturated heterocycles. The van der Waals surface area contributed by atoms with E-state index in [1.54, 1.807) is 6.08 Å². The molecule has 0 unspecified atom stereocenters. The Morgan fingerprint density at radius 1 is 1.35 bits per heavy atom. The number of hydrogen-bond acceptors (Lipinski definition) is 2. The Hall–Kier alpha value is -1.82. The Balaban J connectivity index is 2.74. The second-order valence-electron chi connectivity index (χ2n) is 5.59. The van der Waals surface area contributed by atoms with Crippen LogP contribution in [0.4, 0.5) is 0 Å². The Kier molecular flexibility index (Phi) is 6.24. The Labute approximate surface area is 122 Å². The lowest BCUT2D eigenvalue weighted by Crippen LogP contribution is -2.38. The maximum Gasteiger partial charge on any atom is 0.253 e. The summed E-state index contributed by atoms with van der Waals surface area (Å²) >= 11 is 0. The minimum absolute atomic E-state index is 0.0178. The molecule has 0 saturated carbocycles. The van der Waals surface area contributed by atoms with Crippen molar-refractivity contribution >= 4 is 5.91 Å². The van der Waals surface area contributed by atoms with Gasteiger partial charge >= 0.3 is 0 Å². The molecule has 1 aliphatic rings. The van der Waals surface area contributed by atoms with Crippen molar-refractivity contribution in [2.45, 2.75) is 33.6 Å². The van der Waals surface area contributed by atoms with Crippen LogP contribution >= 0.6 is 0 Å². The van der Waals surface area contributed by atoms with E-state index in [0.717, 1.165) is 12.8 Å². The van der Waals surface area contributed by atoms with Crippen LogP contribution in [0, 0.1) is 23.2 Å². The maximum absolute atomic E-state index is 12.4. The SMILES string of the molecule is C=C/C(=C\C=C(/C)C(C)C)C(=O)N1CCC(C#N)CC1. The first kappa shape index (κ1) is 16.2. The summed E-state index contributed by atoms with van der Waals surface area (Å²) < 4.78 is 0. The number of likely N-dealkylation sites (tertiary alicyclic amines) is 1. The van der Waals surface area contributed by atoms with Crippen LogP contribution in [-0.4, -0.2) is 23.9 Å². The molecule has 108 valence electrons. The summed E-state index contributed by atoms with van der Waals surface area (Å²) in [7, 11) is 0. The second-order valence-corrected chi connectivity index (χ2v) is 5.59. The summed E-state index contributed by atoms with van der Waals surface area (Å²) in [6, 6.07) is 2.28. The number of hydrogen-bond donors (Lipinski definition) is 0. The van der Waals surface area contributed by atoms with Crippen LogP contribution in [0.3, 0.4) is 0 Å². The predicted molar refractivity (Wildman–Crippen MR) is 81.8 cm³/mol. The van der Waals surface area contributed by atoms with E-state index < -0.39 is 0 Å². The number of piperidine rings is 1. The third-order valence-corrected chi connectivity index (χ3v) is 3.87. The zero-order valence-electron chi connectivity index (χ0n) is 12.7. The highest BCUT2D eigenvalue weighted by molar-refractivity contribution is 5.96. The Morgan fingerprint density at radius 3 is 2.40 bits per heavy atom. The quantitative estimate of drug-likeness (QED) is 0.581. The smallest absolute Gasteiger partial charge is 0.253 e. The number of amides is 1. The van der Waals surface area contributed by atoms with Crippen molar-refractivity contribution in [3.05, 3.63) is 36.0 Å². The molecule has 0 bridgehead atoms. The van der Waals surface area contributed by atoms with Crippen LogP contribution in [0.5, 0.6) is 0 Å². The molecule has 0 aromatic rings. The number of nitrogens with zero attached hydrogens (tertiary/aromatic N) is 2. The van der Waals surface area contributed by atoms with Crippen LogP contribution in [0.2, 0.25) is 0 Å². The van der Waals surface area contributed by atoms with Crippen molar-refractivity contribution < 1.29 is 4.79 Å². The molecule has 1 rings (SSSR count). The molecule has 3 nitrogen and oxygen atoms in total. The van der Waals surface area contributed by atoms with E-state index in [9.17, 15) is 4.79 Å². The molecule has 0 N–H and O–H groups in total. The lowest BCUT2D eigenvalue weighted by atomic mass is 9.98. The molecule has 0 atom stereocenters. The number of nitriles is 1. The van der Waals surface area contributed by atoms with E-state index in [2.05, 4.69) is 33.4 Å². The molecule has 1 aliphatic heterocycles. The fourth-order valence-corrected chi connectivity index (χ4v) is 2.03. The largest absolute Gasteiger partial charge is 0.339 e. The zero-order chi connectivity index (χ0) is 15.1. The third kappa shape index (κ3) is 4.38. The van der Waals surface area contributed by atoms with Crippen LogP contribution in [-0.2, 0) is 4.79 Å². The molecule has 20 heavy (non-hydrogen) atoms. The molecular formula is C17H24N2O. The van der Waals surface area contributed by atoms with Gasteiger partial charge in [0.1, 0.15) is 0 Å². The molecule has 1 fully saturated rings. The lowest BCUT2D eigenvalue weighted by molar-refractivity contribution is -0.127. The molecule has 1 amide bonds. The fourth-order valence-electron chi connectivity index (χ4n) is 2.03. The van der Waals surface area contributed by atoms with Crippen LogP contribution in [0.1, 0.15) is 33.6 Å². The van der Waals surface area contributed by atoms with E-state index in [-0.39, 0.29) is 11.8 Å². The van der Waals surface area contributed by atoms with Gasteiger partial charge in [-0.05, 0) is 31.8 Å². The van der Waals surface area contributed by atoms with Crippen molar-refractivity contribution in [2.24, 2.45) is 11.8 Å². The number of allylic oxidation sites excluding steroid dienone is 3. The molecule has 0 aliphatic carbocycles. The highest BCUT2D eigenvalue weighted by atomic mass is 16.2. The van der Waals surface area contributed by atoms with E-state index in [0.29, 0.717) is 24.6 Å². The Bertz CT molecular complexity index is 458. The van der Waals surface area contributed by atoms with Crippen molar-refractivity contribution in [2.75, 3.05) is 13.1 Å². The van der Waals surface area contributed by atoms with Gasteiger partial charge in [0, 0.05) is 24.6 Å². The average molecular weight is 272 g/mol. The molecule has 3 heteroatoms. The molecule has 0 radical (unpaired) electrons. The highest BCUT2D eigenvalue weighted by Gasteiger charge is 2.23. The Morgan fingerprint density at radius 2 is 1.95 bits per heavy atom. The standard InChI is InChI=1S/C17H24N2O/c1-5-16(7-6-14(4)13(2)3)17(20)19-10-8-15(12-18)9-11-19/h5-7,13,15H,1,8-11H2,2-4H3/b14-6+,16-7+. The van der Waals surface area contributed by atoms with Gasteiger partial charge in [-0.15, -0.1) is 0 Å². The molecule has 0 spiro atoms. The molecule has 0 aromatic heterocycles. The van der Waals surface area contributed by atoms with E-state index in [4.69, 9.17) is 5.26 Å². The first-order valence-corrected chi connectivity index (χ1v) is 7.19. The second kappa shape index (κ2) is 7.69. The lowest BCUT2D eigenvalue weighted by Gasteiger charge is -2.29. The van der Waals surface area contributed by atoms with Gasteiger partial charge in [0.2, 0.25) is 0 Å². The van der Waals surface area contributed by atoms with Gasteiger partial charge in [-0.1, -0.05) is 38.2 Å². The molecular weight excluding hydrogens is 248 g/mol. The maximum atomic E-state index is 12.4. The summed E-state index contributed by atoms with van der Waals surface area (Å²) in [6.07, 6.45) is 6.99. The summed E-state index contributed by atoms with van der Waals surface area (Å²) in [5, 5.41) is 8.88. The van der Waals surface area contributed by atoms with E-state index in [1.807, 2.05) is 17.1 Å². The predicted octanol–water partition coefficient (Wildman–Crippen LogP) is 3.46. The third-order valence-electron chi connectivity index (χ3n) is 3.87. The first-order chi connectivity index (χ1) is 9.49. The van der Waals surface area contributed by atoms with Gasteiger partial charge < -0.3 is 4.90 Å². The average Bonchev–Trinajstić information content (AvgIpc) is 2.47. The van der Waals surface area contributed by atoms with Crippen LogP contribution in [0.15, 0.2) is 36.0 Å². The van der Waals surface area contributed by atoms with Gasteiger partial charge in [0.05, 0.1) is 6.07 Å². The van der Waals surface area contributed by atoms with Crippen molar-refractivity contribution in [3.8, 4) is 6.07 Å². The van der Waals surface area contributed by atoms with Crippen molar-refractivity contribution in [1.82, 2.24) is 4.90 Å². The highest BCUT2D eigenvalue weighted by Crippen LogP contribution is 2.18. The number of rotatable bonds is 4. The van der Waals surface area contributed by atoms with Gasteiger partial charge in [0.15, 0.2) is 0 Å². The summed E-state index contributed by atoms with van der Waals surface area (Å²) in [4.78, 5) is 14.2. The topological polar surface area (TPSA) is 44.1 Å². The summed E-state index contributed by atoms with van der Waals surface area (Å²) in [5.74, 6) is 0.585. The molecule has 0 aromatic carbocycles. The molecule has 1 heterocycles. The minimum atomic E-state index is 0.0178. The van der Waals surface area contributed by atoms with Gasteiger partial charge in [0.25, 0.3) is 5.91 Å². The number of carbonyl (C=O) groups is 1. The minimum Gasteiger partial charge on any atom is -0.339 e. The summed E-state index contributed by atoms with van der Waals surface area (Å²) in [5.41, 5.74) is 1.86. The fraction of sp³-hybridized carbons (Fsp3) is 0.529.